The summed E-state index contributed by atoms with van der Waals surface area (Å²) in [4.78, 5) is 7.59. The summed E-state index contributed by atoms with van der Waals surface area (Å²) in [6, 6.07) is 1.86. The number of nitrogens with zero attached hydrogens (tertiary/aromatic N) is 2. The van der Waals surface area contributed by atoms with Crippen LogP contribution < -0.4 is 0 Å². The van der Waals surface area contributed by atoms with E-state index in [1.807, 2.05) is 0 Å². The summed E-state index contributed by atoms with van der Waals surface area (Å²) >= 11 is 0. The molecule has 0 saturated heterocycles. The van der Waals surface area contributed by atoms with Gasteiger partial charge in [-0.1, -0.05) is 0 Å². The molecule has 102 valence electrons. The first-order valence-electron chi connectivity index (χ1n) is 4.23. The molecule has 0 aliphatic rings. The van der Waals surface area contributed by atoms with Gasteiger partial charge in [0.2, 0.25) is 0 Å². The van der Waals surface area contributed by atoms with Crippen molar-refractivity contribution in [2.45, 2.75) is 11.1 Å². The van der Waals surface area contributed by atoms with Crippen molar-refractivity contribution in [2.75, 3.05) is 0 Å². The zero-order valence-corrected chi connectivity index (χ0v) is 10.2. The molecule has 11 heteroatoms. The minimum absolute atomic E-state index is 0.183. The molecule has 0 unspecified atom stereocenters. The van der Waals surface area contributed by atoms with Crippen molar-refractivity contribution < 1.29 is 26.5 Å². The maximum absolute atomic E-state index is 12.7. The van der Waals surface area contributed by atoms with Gasteiger partial charge in [0.15, 0.2) is 4.90 Å². The first-order valence-corrected chi connectivity index (χ1v) is 6.54. The van der Waals surface area contributed by atoms with E-state index in [1.165, 1.54) is 6.07 Å². The Labute approximate surface area is 108 Å². The summed E-state index contributed by atoms with van der Waals surface area (Å²) in [6.07, 6.45) is -5.21. The van der Waals surface area contributed by atoms with Gasteiger partial charge in [-0.05, 0) is 6.07 Å². The molecule has 19 heavy (non-hydrogen) atoms. The molecule has 0 aromatic heterocycles. The summed E-state index contributed by atoms with van der Waals surface area (Å²) in [5, 5.41) is 19.1. The first kappa shape index (κ1) is 15.2. The van der Waals surface area contributed by atoms with Gasteiger partial charge in [0.1, 0.15) is 0 Å². The Morgan fingerprint density at radius 3 is 2.21 bits per heavy atom. The van der Waals surface area contributed by atoms with E-state index in [0.29, 0.717) is 6.07 Å². The molecule has 0 radical (unpaired) electrons. The van der Waals surface area contributed by atoms with Crippen molar-refractivity contribution in [3.8, 4) is 6.07 Å². The predicted octanol–water partition coefficient (Wildman–Crippen LogP) is 2.41. The molecule has 0 amide bonds. The highest BCUT2D eigenvalue weighted by atomic mass is 35.7. The molecule has 0 aliphatic carbocycles. The summed E-state index contributed by atoms with van der Waals surface area (Å²) < 4.78 is 60.3. The number of alkyl halides is 3. The van der Waals surface area contributed by atoms with E-state index in [2.05, 4.69) is 0 Å². The summed E-state index contributed by atoms with van der Waals surface area (Å²) in [7, 11) is -0.217. The molecule has 0 atom stereocenters. The second-order valence-electron chi connectivity index (χ2n) is 3.18. The van der Waals surface area contributed by atoms with Crippen molar-refractivity contribution in [1.29, 1.82) is 5.26 Å². The van der Waals surface area contributed by atoms with Gasteiger partial charge in [-0.15, -0.1) is 0 Å². The second kappa shape index (κ2) is 4.67. The third kappa shape index (κ3) is 3.12. The van der Waals surface area contributed by atoms with Crippen molar-refractivity contribution in [3.05, 3.63) is 33.4 Å². The highest BCUT2D eigenvalue weighted by Gasteiger charge is 2.42. The lowest BCUT2D eigenvalue weighted by atomic mass is 10.1. The van der Waals surface area contributed by atoms with Gasteiger partial charge in [0.05, 0.1) is 22.1 Å². The van der Waals surface area contributed by atoms with Crippen LogP contribution in [0.3, 0.4) is 0 Å². The maximum atomic E-state index is 12.7. The van der Waals surface area contributed by atoms with Crippen LogP contribution in [0.25, 0.3) is 0 Å². The van der Waals surface area contributed by atoms with E-state index in [9.17, 15) is 31.7 Å². The normalized spacial score (nSPS) is 11.9. The molecule has 1 aromatic rings. The number of hydrogen-bond acceptors (Lipinski definition) is 5. The summed E-state index contributed by atoms with van der Waals surface area (Å²) in [5.41, 5.74) is -3.96. The van der Waals surface area contributed by atoms with Crippen molar-refractivity contribution in [2.24, 2.45) is 0 Å². The fraction of sp³-hybridized carbons (Fsp3) is 0.125. The van der Waals surface area contributed by atoms with Gasteiger partial charge in [0, 0.05) is 16.7 Å². The van der Waals surface area contributed by atoms with E-state index in [0.717, 1.165) is 0 Å². The van der Waals surface area contributed by atoms with Gasteiger partial charge in [0.25, 0.3) is 14.7 Å². The Kier molecular flexibility index (Phi) is 3.74. The van der Waals surface area contributed by atoms with Gasteiger partial charge >= 0.3 is 6.18 Å². The molecule has 0 aliphatic heterocycles. The first-order chi connectivity index (χ1) is 8.48. The molecule has 1 rings (SSSR count). The van der Waals surface area contributed by atoms with E-state index >= 15 is 0 Å². The minimum Gasteiger partial charge on any atom is -0.258 e. The highest BCUT2D eigenvalue weighted by molar-refractivity contribution is 8.13. The van der Waals surface area contributed by atoms with Gasteiger partial charge < -0.3 is 0 Å². The lowest BCUT2D eigenvalue weighted by Gasteiger charge is -2.11. The number of nitro groups is 1. The maximum Gasteiger partial charge on any atom is 0.418 e. The molecule has 0 spiro atoms. The van der Waals surface area contributed by atoms with Crippen LogP contribution in [0, 0.1) is 21.4 Å². The van der Waals surface area contributed by atoms with Crippen molar-refractivity contribution in [1.82, 2.24) is 0 Å². The number of nitro benzene ring substituents is 1. The highest BCUT2D eigenvalue weighted by Crippen LogP contribution is 2.40. The SMILES string of the molecule is N#Cc1cc([N+](=O)[O-])c(S(=O)(=O)Cl)c(C(F)(F)F)c1. The average Bonchev–Trinajstić information content (AvgIpc) is 2.24. The van der Waals surface area contributed by atoms with Crippen LogP contribution in [-0.2, 0) is 15.2 Å². The smallest absolute Gasteiger partial charge is 0.258 e. The van der Waals surface area contributed by atoms with Crippen LogP contribution in [0.1, 0.15) is 11.1 Å². The van der Waals surface area contributed by atoms with E-state index in [-0.39, 0.29) is 6.07 Å². The van der Waals surface area contributed by atoms with E-state index in [1.54, 1.807) is 0 Å². The fourth-order valence-corrected chi connectivity index (χ4v) is 2.59. The van der Waals surface area contributed by atoms with Crippen molar-refractivity contribution >= 4 is 25.4 Å². The van der Waals surface area contributed by atoms with Crippen LogP contribution in [0.2, 0.25) is 0 Å². The number of benzene rings is 1. The lowest BCUT2D eigenvalue weighted by Crippen LogP contribution is -2.13. The Morgan fingerprint density at radius 1 is 1.37 bits per heavy atom. The standard InChI is InChI=1S/C8H2ClF3N2O4S/c9-19(17,18)7-5(8(10,11)12)1-4(3-13)2-6(7)14(15)16/h1-2H. The molecule has 0 saturated carbocycles. The number of halogens is 4. The van der Waals surface area contributed by atoms with Gasteiger partial charge in [-0.3, -0.25) is 10.1 Å². The summed E-state index contributed by atoms with van der Waals surface area (Å²) in [5.74, 6) is 0. The summed E-state index contributed by atoms with van der Waals surface area (Å²) in [6.45, 7) is 0. The quantitative estimate of drug-likeness (QED) is 0.474. The number of rotatable bonds is 2. The Morgan fingerprint density at radius 2 is 1.89 bits per heavy atom. The van der Waals surface area contributed by atoms with Gasteiger partial charge in [-0.25, -0.2) is 8.42 Å². The van der Waals surface area contributed by atoms with Crippen LogP contribution >= 0.6 is 10.7 Å². The topological polar surface area (TPSA) is 101 Å². The van der Waals surface area contributed by atoms with E-state index in [4.69, 9.17) is 15.9 Å². The molecule has 0 fully saturated rings. The molecule has 0 bridgehead atoms. The fourth-order valence-electron chi connectivity index (χ4n) is 1.28. The van der Waals surface area contributed by atoms with Gasteiger partial charge in [-0.2, -0.15) is 18.4 Å². The zero-order valence-electron chi connectivity index (χ0n) is 8.60. The second-order valence-corrected chi connectivity index (χ2v) is 5.68. The molecule has 6 nitrogen and oxygen atoms in total. The molecule has 1 aromatic carbocycles. The number of hydrogen-bond donors (Lipinski definition) is 0. The Balaban J connectivity index is 3.96. The largest absolute Gasteiger partial charge is 0.418 e. The molecular formula is C8H2ClF3N2O4S. The number of nitriles is 1. The van der Waals surface area contributed by atoms with Crippen LogP contribution in [0.5, 0.6) is 0 Å². The van der Waals surface area contributed by atoms with Crippen LogP contribution in [-0.4, -0.2) is 13.3 Å². The third-order valence-electron chi connectivity index (χ3n) is 1.94. The lowest BCUT2D eigenvalue weighted by molar-refractivity contribution is -0.388. The zero-order chi connectivity index (χ0) is 15.0. The van der Waals surface area contributed by atoms with Crippen LogP contribution in [0.15, 0.2) is 17.0 Å². The molecule has 0 N–H and O–H groups in total. The monoisotopic (exact) mass is 314 g/mol. The van der Waals surface area contributed by atoms with Crippen LogP contribution in [0.4, 0.5) is 18.9 Å². The minimum atomic E-state index is -5.21. The Hall–Kier alpha value is -1.86. The van der Waals surface area contributed by atoms with E-state index < -0.39 is 41.9 Å². The molecular weight excluding hydrogens is 313 g/mol. The average molecular weight is 315 g/mol. The predicted molar refractivity (Wildman–Crippen MR) is 55.9 cm³/mol. The molecule has 0 heterocycles. The third-order valence-corrected chi connectivity index (χ3v) is 3.32. The van der Waals surface area contributed by atoms with Crippen molar-refractivity contribution in [3.63, 3.8) is 0 Å². The Bertz CT molecular complexity index is 693.